The van der Waals surface area contributed by atoms with E-state index in [-0.39, 0.29) is 18.0 Å². The second-order valence-corrected chi connectivity index (χ2v) is 4.23. The molecule has 110 valence electrons. The van der Waals surface area contributed by atoms with Crippen molar-refractivity contribution in [1.82, 2.24) is 24.8 Å². The van der Waals surface area contributed by atoms with Crippen LogP contribution in [-0.2, 0) is 12.7 Å². The van der Waals surface area contributed by atoms with Gasteiger partial charge in [0.15, 0.2) is 5.65 Å². The number of nitrogens with one attached hydrogen (secondary N) is 1. The number of aromatic nitrogens is 5. The zero-order valence-electron chi connectivity index (χ0n) is 10.7. The van der Waals surface area contributed by atoms with Gasteiger partial charge >= 0.3 is 6.18 Å². The van der Waals surface area contributed by atoms with Crippen LogP contribution in [0.1, 0.15) is 17.5 Å². The smallest absolute Gasteiger partial charge is 0.444 e. The number of nitrogens with zero attached hydrogens (tertiary/aromatic N) is 5. The summed E-state index contributed by atoms with van der Waals surface area (Å²) in [5.74, 6) is 0.111. The third-order valence-corrected chi connectivity index (χ3v) is 2.61. The van der Waals surface area contributed by atoms with Crippen LogP contribution in [0.15, 0.2) is 22.7 Å². The number of aryl methyl sites for hydroxylation is 1. The summed E-state index contributed by atoms with van der Waals surface area (Å²) in [6, 6.07) is 2.89. The Morgan fingerprint density at radius 3 is 2.76 bits per heavy atom. The molecule has 3 aromatic rings. The van der Waals surface area contributed by atoms with Crippen LogP contribution in [0.2, 0.25) is 0 Å². The van der Waals surface area contributed by atoms with Crippen LogP contribution in [0.25, 0.3) is 5.65 Å². The molecule has 3 aromatic heterocycles. The Balaban J connectivity index is 1.86. The van der Waals surface area contributed by atoms with E-state index >= 15 is 0 Å². The molecule has 0 aromatic carbocycles. The fourth-order valence-electron chi connectivity index (χ4n) is 1.71. The van der Waals surface area contributed by atoms with E-state index in [1.807, 2.05) is 0 Å². The van der Waals surface area contributed by atoms with Crippen molar-refractivity contribution in [3.8, 4) is 0 Å². The predicted octanol–water partition coefficient (Wildman–Crippen LogP) is 2.05. The molecule has 0 aliphatic heterocycles. The standard InChI is InChI=1S/C11H9F3N6O/c1-6-4-16-9(21-6)5-15-7-2-3-8-17-18-10(11(12,13)14)20(8)19-7/h2-4H,5H2,1H3,(H,15,19). The van der Waals surface area contributed by atoms with Gasteiger partial charge in [0.05, 0.1) is 12.7 Å². The molecular weight excluding hydrogens is 289 g/mol. The zero-order valence-corrected chi connectivity index (χ0v) is 10.7. The first kappa shape index (κ1) is 13.3. The first-order valence-corrected chi connectivity index (χ1v) is 5.88. The summed E-state index contributed by atoms with van der Waals surface area (Å²) in [4.78, 5) is 3.97. The van der Waals surface area contributed by atoms with Gasteiger partial charge in [0.1, 0.15) is 11.6 Å². The number of rotatable bonds is 3. The lowest BCUT2D eigenvalue weighted by Crippen LogP contribution is -2.13. The largest absolute Gasteiger partial charge is 0.453 e. The molecule has 21 heavy (non-hydrogen) atoms. The van der Waals surface area contributed by atoms with Crippen LogP contribution < -0.4 is 5.32 Å². The molecule has 0 atom stereocenters. The Hall–Kier alpha value is -2.65. The van der Waals surface area contributed by atoms with Gasteiger partial charge in [-0.1, -0.05) is 0 Å². The van der Waals surface area contributed by atoms with E-state index in [4.69, 9.17) is 4.42 Å². The van der Waals surface area contributed by atoms with Gasteiger partial charge in [-0.15, -0.1) is 15.3 Å². The quantitative estimate of drug-likeness (QED) is 0.797. The predicted molar refractivity (Wildman–Crippen MR) is 64.4 cm³/mol. The number of fused-ring (bicyclic) bond motifs is 1. The van der Waals surface area contributed by atoms with Crippen molar-refractivity contribution in [2.24, 2.45) is 0 Å². The van der Waals surface area contributed by atoms with E-state index in [2.05, 4.69) is 25.6 Å². The average Bonchev–Trinajstić information content (AvgIpc) is 3.01. The highest BCUT2D eigenvalue weighted by Crippen LogP contribution is 2.27. The Morgan fingerprint density at radius 1 is 1.29 bits per heavy atom. The van der Waals surface area contributed by atoms with Gasteiger partial charge in [-0.2, -0.15) is 17.7 Å². The minimum Gasteiger partial charge on any atom is -0.444 e. The molecule has 0 aliphatic carbocycles. The van der Waals surface area contributed by atoms with Gasteiger partial charge in [-0.25, -0.2) is 4.98 Å². The fourth-order valence-corrected chi connectivity index (χ4v) is 1.71. The van der Waals surface area contributed by atoms with Crippen LogP contribution >= 0.6 is 0 Å². The third-order valence-electron chi connectivity index (χ3n) is 2.61. The van der Waals surface area contributed by atoms with Crippen LogP contribution in [0.5, 0.6) is 0 Å². The monoisotopic (exact) mass is 298 g/mol. The number of anilines is 1. The van der Waals surface area contributed by atoms with Crippen molar-refractivity contribution in [3.63, 3.8) is 0 Å². The molecule has 0 radical (unpaired) electrons. The summed E-state index contributed by atoms with van der Waals surface area (Å²) in [5.41, 5.74) is 0.0137. The van der Waals surface area contributed by atoms with Crippen LogP contribution in [0.3, 0.4) is 0 Å². The molecule has 7 nitrogen and oxygen atoms in total. The zero-order chi connectivity index (χ0) is 15.0. The second kappa shape index (κ2) is 4.72. The lowest BCUT2D eigenvalue weighted by molar-refractivity contribution is -0.146. The number of alkyl halides is 3. The Bertz CT molecular complexity index is 778. The van der Waals surface area contributed by atoms with E-state index in [1.54, 1.807) is 13.1 Å². The molecule has 0 bridgehead atoms. The van der Waals surface area contributed by atoms with Gasteiger partial charge in [0, 0.05) is 0 Å². The molecule has 0 saturated carbocycles. The van der Waals surface area contributed by atoms with Gasteiger partial charge in [-0.3, -0.25) is 0 Å². The number of halogens is 3. The van der Waals surface area contributed by atoms with Gasteiger partial charge in [0.25, 0.3) is 5.82 Å². The Morgan fingerprint density at radius 2 is 2.10 bits per heavy atom. The van der Waals surface area contributed by atoms with Crippen molar-refractivity contribution in [1.29, 1.82) is 0 Å². The van der Waals surface area contributed by atoms with Crippen molar-refractivity contribution in [3.05, 3.63) is 35.8 Å². The minimum atomic E-state index is -4.62. The van der Waals surface area contributed by atoms with E-state index in [9.17, 15) is 13.2 Å². The van der Waals surface area contributed by atoms with Crippen molar-refractivity contribution < 1.29 is 17.6 Å². The van der Waals surface area contributed by atoms with E-state index < -0.39 is 12.0 Å². The van der Waals surface area contributed by atoms with Crippen LogP contribution in [0.4, 0.5) is 19.0 Å². The lowest BCUT2D eigenvalue weighted by Gasteiger charge is -2.05. The number of hydrogen-bond donors (Lipinski definition) is 1. The fraction of sp³-hybridized carbons (Fsp3) is 0.273. The maximum Gasteiger partial charge on any atom is 0.453 e. The summed E-state index contributed by atoms with van der Waals surface area (Å²) in [7, 11) is 0. The summed E-state index contributed by atoms with van der Waals surface area (Å²) in [6.45, 7) is 1.95. The van der Waals surface area contributed by atoms with Crippen molar-refractivity contribution in [2.45, 2.75) is 19.6 Å². The van der Waals surface area contributed by atoms with Crippen LogP contribution in [0, 0.1) is 6.92 Å². The molecule has 0 amide bonds. The highest BCUT2D eigenvalue weighted by atomic mass is 19.4. The molecular formula is C11H9F3N6O. The molecule has 0 aliphatic rings. The molecule has 0 unspecified atom stereocenters. The summed E-state index contributed by atoms with van der Waals surface area (Å²) >= 11 is 0. The minimum absolute atomic E-state index is 0.0137. The highest BCUT2D eigenvalue weighted by Gasteiger charge is 2.37. The second-order valence-electron chi connectivity index (χ2n) is 4.23. The first-order chi connectivity index (χ1) is 9.93. The topological polar surface area (TPSA) is 81.1 Å². The van der Waals surface area contributed by atoms with Gasteiger partial charge in [0.2, 0.25) is 5.89 Å². The summed E-state index contributed by atoms with van der Waals surface area (Å²) in [5, 5.41) is 13.2. The van der Waals surface area contributed by atoms with Gasteiger partial charge < -0.3 is 9.73 Å². The van der Waals surface area contributed by atoms with E-state index in [0.717, 1.165) is 0 Å². The molecule has 0 spiro atoms. The molecule has 10 heteroatoms. The van der Waals surface area contributed by atoms with Crippen molar-refractivity contribution >= 4 is 11.5 Å². The molecule has 3 rings (SSSR count). The molecule has 1 N–H and O–H groups in total. The van der Waals surface area contributed by atoms with E-state index in [0.29, 0.717) is 16.2 Å². The normalized spacial score (nSPS) is 12.0. The maximum atomic E-state index is 12.7. The maximum absolute atomic E-state index is 12.7. The van der Waals surface area contributed by atoms with Crippen molar-refractivity contribution in [2.75, 3.05) is 5.32 Å². The Kier molecular flexibility index (Phi) is 3.00. The van der Waals surface area contributed by atoms with E-state index in [1.165, 1.54) is 12.1 Å². The first-order valence-electron chi connectivity index (χ1n) is 5.88. The molecule has 0 fully saturated rings. The lowest BCUT2D eigenvalue weighted by atomic mass is 10.5. The molecule has 3 heterocycles. The Labute approximate surface area is 115 Å². The SMILES string of the molecule is Cc1cnc(CNc2ccc3nnc(C(F)(F)F)n3n2)o1. The third kappa shape index (κ3) is 2.64. The highest BCUT2D eigenvalue weighted by molar-refractivity contribution is 5.44. The number of hydrogen-bond acceptors (Lipinski definition) is 6. The van der Waals surface area contributed by atoms with Gasteiger partial charge in [-0.05, 0) is 19.1 Å². The summed E-state index contributed by atoms with van der Waals surface area (Å²) < 4.78 is 44.1. The molecule has 0 saturated heterocycles. The average molecular weight is 298 g/mol. The number of oxazole rings is 1. The summed E-state index contributed by atoms with van der Waals surface area (Å²) in [6.07, 6.45) is -3.07. The van der Waals surface area contributed by atoms with Crippen LogP contribution in [-0.4, -0.2) is 24.8 Å².